The lowest BCUT2D eigenvalue weighted by Crippen LogP contribution is -2.43. The van der Waals surface area contributed by atoms with Gasteiger partial charge < -0.3 is 0 Å². The van der Waals surface area contributed by atoms with Gasteiger partial charge in [0, 0.05) is 22.9 Å². The van der Waals surface area contributed by atoms with Gasteiger partial charge in [-0.1, -0.05) is 23.2 Å². The van der Waals surface area contributed by atoms with Gasteiger partial charge in [-0.15, -0.1) is 9.66 Å². The second-order valence-electron chi connectivity index (χ2n) is 5.72. The monoisotopic (exact) mass is 494 g/mol. The van der Waals surface area contributed by atoms with Crippen molar-refractivity contribution in [2.24, 2.45) is 0 Å². The first-order chi connectivity index (χ1) is 14.0. The van der Waals surface area contributed by atoms with Crippen LogP contribution in [0.25, 0.3) is 0 Å². The van der Waals surface area contributed by atoms with Crippen LogP contribution in [0.15, 0.2) is 58.3 Å². The van der Waals surface area contributed by atoms with Crippen molar-refractivity contribution in [1.29, 1.82) is 0 Å². The fourth-order valence-corrected chi connectivity index (χ4v) is 3.92. The molecular weight excluding hydrogens is 479 g/mol. The molecule has 0 atom stereocenters. The summed E-state index contributed by atoms with van der Waals surface area (Å²) in [4.78, 5) is 27.0. The minimum Gasteiger partial charge on any atom is -0.278 e. The molecule has 0 unspecified atom stereocenters. The van der Waals surface area contributed by atoms with E-state index in [0.717, 1.165) is 0 Å². The third kappa shape index (κ3) is 7.23. The Balaban J connectivity index is 1.78. The molecule has 0 bridgehead atoms. The smallest absolute Gasteiger partial charge is 0.257 e. The molecule has 162 valence electrons. The summed E-state index contributed by atoms with van der Waals surface area (Å²) in [6.07, 6.45) is -0.810. The molecule has 0 radical (unpaired) electrons. The fraction of sp³-hybridized carbons (Fsp3) is 0.125. The van der Waals surface area contributed by atoms with Crippen LogP contribution in [0.3, 0.4) is 0 Å². The molecule has 0 aliphatic heterocycles. The summed E-state index contributed by atoms with van der Waals surface area (Å²) >= 11 is 11.4. The van der Waals surface area contributed by atoms with Gasteiger partial charge in [-0.25, -0.2) is 16.8 Å². The summed E-state index contributed by atoms with van der Waals surface area (Å²) in [7, 11) is -8.03. The number of amides is 2. The number of hydrogen-bond donors (Lipinski definition) is 4. The molecule has 0 aromatic heterocycles. The lowest BCUT2D eigenvalue weighted by molar-refractivity contribution is -0.126. The predicted molar refractivity (Wildman–Crippen MR) is 109 cm³/mol. The van der Waals surface area contributed by atoms with Crippen molar-refractivity contribution in [2.45, 2.75) is 22.6 Å². The van der Waals surface area contributed by atoms with Crippen LogP contribution in [0.5, 0.6) is 0 Å². The molecule has 14 heteroatoms. The number of halogens is 2. The van der Waals surface area contributed by atoms with E-state index < -0.39 is 44.7 Å². The van der Waals surface area contributed by atoms with Crippen LogP contribution in [0.2, 0.25) is 10.0 Å². The number of sulfonamides is 2. The quantitative estimate of drug-likeness (QED) is 0.383. The van der Waals surface area contributed by atoms with Gasteiger partial charge in [0.2, 0.25) is 11.8 Å². The second kappa shape index (κ2) is 10.2. The van der Waals surface area contributed by atoms with E-state index in [-0.39, 0.29) is 9.79 Å². The maximum absolute atomic E-state index is 12.0. The van der Waals surface area contributed by atoms with Crippen LogP contribution in [0.4, 0.5) is 0 Å². The van der Waals surface area contributed by atoms with Gasteiger partial charge in [-0.3, -0.25) is 20.4 Å². The van der Waals surface area contributed by atoms with Crippen molar-refractivity contribution in [3.8, 4) is 0 Å². The molecule has 2 amide bonds. The standard InChI is InChI=1S/C16H16Cl2N4O6S2/c17-11-1-5-13(6-2-11)29(25,26)21-19-15(23)9-10-16(24)20-22-30(27,28)14-7-3-12(18)4-8-14/h1-8,21-22H,9-10H2,(H,19,23)(H,20,24). The van der Waals surface area contributed by atoms with Crippen molar-refractivity contribution < 1.29 is 26.4 Å². The molecule has 0 aliphatic carbocycles. The highest BCUT2D eigenvalue weighted by molar-refractivity contribution is 7.89. The van der Waals surface area contributed by atoms with E-state index in [0.29, 0.717) is 10.0 Å². The summed E-state index contributed by atoms with van der Waals surface area (Å²) in [6.45, 7) is 0. The van der Waals surface area contributed by atoms with E-state index in [9.17, 15) is 26.4 Å². The second-order valence-corrected chi connectivity index (χ2v) is 9.95. The summed E-state index contributed by atoms with van der Waals surface area (Å²) in [6, 6.07) is 10.5. The summed E-state index contributed by atoms with van der Waals surface area (Å²) < 4.78 is 48.1. The SMILES string of the molecule is O=C(CCC(=O)NNS(=O)(=O)c1ccc(Cl)cc1)NNS(=O)(=O)c1ccc(Cl)cc1. The Kier molecular flexibility index (Phi) is 8.18. The number of hydrazine groups is 2. The number of carbonyl (C=O) groups is 2. The van der Waals surface area contributed by atoms with Crippen molar-refractivity contribution in [1.82, 2.24) is 20.5 Å². The molecular formula is C16H16Cl2N4O6S2. The van der Waals surface area contributed by atoms with E-state index in [2.05, 4.69) is 0 Å². The number of benzene rings is 2. The number of nitrogens with one attached hydrogen (secondary N) is 4. The minimum atomic E-state index is -4.02. The zero-order chi connectivity index (χ0) is 22.4. The summed E-state index contributed by atoms with van der Waals surface area (Å²) in [5.41, 5.74) is 3.91. The molecule has 2 aromatic rings. The summed E-state index contributed by atoms with van der Waals surface area (Å²) in [5.74, 6) is -1.61. The minimum absolute atomic E-state index is 0.124. The normalized spacial score (nSPS) is 11.7. The molecule has 0 spiro atoms. The van der Waals surface area contributed by atoms with Crippen LogP contribution >= 0.6 is 23.2 Å². The average Bonchev–Trinajstić information content (AvgIpc) is 2.70. The van der Waals surface area contributed by atoms with Gasteiger partial charge in [-0.2, -0.15) is 0 Å². The molecule has 0 saturated heterocycles. The first-order valence-electron chi connectivity index (χ1n) is 8.12. The van der Waals surface area contributed by atoms with Gasteiger partial charge in [0.25, 0.3) is 20.0 Å². The first kappa shape index (κ1) is 24.1. The molecule has 4 N–H and O–H groups in total. The van der Waals surface area contributed by atoms with Crippen LogP contribution in [-0.4, -0.2) is 28.6 Å². The van der Waals surface area contributed by atoms with E-state index in [1.807, 2.05) is 20.5 Å². The molecule has 2 rings (SSSR count). The molecule has 0 heterocycles. The Morgan fingerprint density at radius 1 is 0.633 bits per heavy atom. The Bertz CT molecular complexity index is 1030. The zero-order valence-electron chi connectivity index (χ0n) is 15.1. The molecule has 10 nitrogen and oxygen atoms in total. The van der Waals surface area contributed by atoms with Gasteiger partial charge in [0.1, 0.15) is 0 Å². The molecule has 30 heavy (non-hydrogen) atoms. The summed E-state index contributed by atoms with van der Waals surface area (Å²) in [5, 5.41) is 0.686. The Morgan fingerprint density at radius 3 is 1.23 bits per heavy atom. The largest absolute Gasteiger partial charge is 0.278 e. The zero-order valence-corrected chi connectivity index (χ0v) is 18.2. The number of rotatable bonds is 9. The molecule has 0 aliphatic rings. The van der Waals surface area contributed by atoms with Crippen molar-refractivity contribution >= 4 is 55.1 Å². The fourth-order valence-electron chi connectivity index (χ4n) is 1.95. The van der Waals surface area contributed by atoms with Crippen molar-refractivity contribution in [3.63, 3.8) is 0 Å². The Labute approximate surface area is 183 Å². The van der Waals surface area contributed by atoms with Gasteiger partial charge in [0.15, 0.2) is 0 Å². The predicted octanol–water partition coefficient (Wildman–Crippen LogP) is 1.09. The Morgan fingerprint density at radius 2 is 0.933 bits per heavy atom. The van der Waals surface area contributed by atoms with Crippen LogP contribution < -0.4 is 20.5 Å². The van der Waals surface area contributed by atoms with E-state index >= 15 is 0 Å². The highest BCUT2D eigenvalue weighted by atomic mass is 35.5. The van der Waals surface area contributed by atoms with E-state index in [4.69, 9.17) is 23.2 Å². The average molecular weight is 495 g/mol. The van der Waals surface area contributed by atoms with E-state index in [1.165, 1.54) is 48.5 Å². The highest BCUT2D eigenvalue weighted by Crippen LogP contribution is 2.14. The first-order valence-corrected chi connectivity index (χ1v) is 11.8. The van der Waals surface area contributed by atoms with Crippen LogP contribution in [0.1, 0.15) is 12.8 Å². The molecule has 0 saturated carbocycles. The lowest BCUT2D eigenvalue weighted by atomic mass is 10.3. The number of hydrogen-bond acceptors (Lipinski definition) is 6. The maximum atomic E-state index is 12.0. The van der Waals surface area contributed by atoms with Crippen LogP contribution in [0, 0.1) is 0 Å². The van der Waals surface area contributed by atoms with Crippen LogP contribution in [-0.2, 0) is 29.6 Å². The number of carbonyl (C=O) groups excluding carboxylic acids is 2. The maximum Gasteiger partial charge on any atom is 0.257 e. The highest BCUT2D eigenvalue weighted by Gasteiger charge is 2.17. The van der Waals surface area contributed by atoms with Gasteiger partial charge in [0.05, 0.1) is 9.79 Å². The molecule has 2 aromatic carbocycles. The third-order valence-electron chi connectivity index (χ3n) is 3.48. The third-order valence-corrected chi connectivity index (χ3v) is 6.51. The van der Waals surface area contributed by atoms with Crippen molar-refractivity contribution in [2.75, 3.05) is 0 Å². The van der Waals surface area contributed by atoms with Crippen molar-refractivity contribution in [3.05, 3.63) is 58.6 Å². The van der Waals surface area contributed by atoms with Gasteiger partial charge in [-0.05, 0) is 48.5 Å². The van der Waals surface area contributed by atoms with E-state index in [1.54, 1.807) is 0 Å². The Hall–Kier alpha value is -2.22. The molecule has 0 fully saturated rings. The van der Waals surface area contributed by atoms with Gasteiger partial charge >= 0.3 is 0 Å². The lowest BCUT2D eigenvalue weighted by Gasteiger charge is -2.10. The topological polar surface area (TPSA) is 151 Å².